The van der Waals surface area contributed by atoms with Crippen LogP contribution in [-0.4, -0.2) is 40.3 Å². The number of carbonyl (C=O) groups is 1. The van der Waals surface area contributed by atoms with Gasteiger partial charge in [-0.3, -0.25) is 4.79 Å². The van der Waals surface area contributed by atoms with Crippen LogP contribution in [0, 0.1) is 5.92 Å². The molecule has 2 N–H and O–H groups in total. The Labute approximate surface area is 137 Å². The molecule has 1 aromatic rings. The van der Waals surface area contributed by atoms with Crippen LogP contribution < -0.4 is 24.8 Å². The zero-order valence-corrected chi connectivity index (χ0v) is 14.3. The Morgan fingerprint density at radius 1 is 1.22 bits per heavy atom. The van der Waals surface area contributed by atoms with Crippen LogP contribution in [0.25, 0.3) is 0 Å². The minimum Gasteiger partial charge on any atom is -0.493 e. The SMILES string of the molecule is COc1cc(C(C)NC(=O)C2CCCNC2)cc(OC)c1OC. The molecular formula is C17H26N2O4. The summed E-state index contributed by atoms with van der Waals surface area (Å²) in [5, 5.41) is 6.34. The number of hydrogen-bond acceptors (Lipinski definition) is 5. The highest BCUT2D eigenvalue weighted by Gasteiger charge is 2.23. The van der Waals surface area contributed by atoms with Gasteiger partial charge < -0.3 is 24.8 Å². The number of benzene rings is 1. The third-order valence-corrected chi connectivity index (χ3v) is 4.21. The fourth-order valence-electron chi connectivity index (χ4n) is 2.84. The van der Waals surface area contributed by atoms with Crippen LogP contribution in [-0.2, 0) is 4.79 Å². The molecule has 1 aromatic carbocycles. The second-order valence-electron chi connectivity index (χ2n) is 5.73. The molecule has 6 heteroatoms. The fourth-order valence-corrected chi connectivity index (χ4v) is 2.84. The third-order valence-electron chi connectivity index (χ3n) is 4.21. The number of ether oxygens (including phenoxy) is 3. The van der Waals surface area contributed by atoms with Crippen molar-refractivity contribution in [3.63, 3.8) is 0 Å². The number of nitrogens with one attached hydrogen (secondary N) is 2. The molecule has 1 heterocycles. The monoisotopic (exact) mass is 322 g/mol. The maximum absolute atomic E-state index is 12.4. The first-order chi connectivity index (χ1) is 11.1. The van der Waals surface area contributed by atoms with Crippen LogP contribution in [0.3, 0.4) is 0 Å². The molecule has 1 amide bonds. The van der Waals surface area contributed by atoms with Gasteiger partial charge in [0.05, 0.1) is 33.3 Å². The summed E-state index contributed by atoms with van der Waals surface area (Å²) in [6.45, 7) is 3.69. The third kappa shape index (κ3) is 4.07. The van der Waals surface area contributed by atoms with E-state index >= 15 is 0 Å². The van der Waals surface area contributed by atoms with Crippen molar-refractivity contribution in [2.24, 2.45) is 5.92 Å². The first-order valence-electron chi connectivity index (χ1n) is 7.91. The molecule has 6 nitrogen and oxygen atoms in total. The molecule has 2 unspecified atom stereocenters. The van der Waals surface area contributed by atoms with Gasteiger partial charge in [-0.2, -0.15) is 0 Å². The van der Waals surface area contributed by atoms with Crippen LogP contribution >= 0.6 is 0 Å². The molecule has 1 fully saturated rings. The van der Waals surface area contributed by atoms with Gasteiger partial charge >= 0.3 is 0 Å². The molecule has 0 bridgehead atoms. The van der Waals surface area contributed by atoms with Crippen LogP contribution in [0.4, 0.5) is 0 Å². The van der Waals surface area contributed by atoms with Gasteiger partial charge in [-0.15, -0.1) is 0 Å². The number of piperidine rings is 1. The first kappa shape index (κ1) is 17.4. The van der Waals surface area contributed by atoms with Gasteiger partial charge in [0.15, 0.2) is 11.5 Å². The summed E-state index contributed by atoms with van der Waals surface area (Å²) in [6.07, 6.45) is 1.97. The molecule has 1 aliphatic heterocycles. The van der Waals surface area contributed by atoms with Crippen LogP contribution in [0.15, 0.2) is 12.1 Å². The lowest BCUT2D eigenvalue weighted by Crippen LogP contribution is -2.41. The van der Waals surface area contributed by atoms with E-state index in [9.17, 15) is 4.79 Å². The van der Waals surface area contributed by atoms with E-state index in [2.05, 4.69) is 10.6 Å². The zero-order chi connectivity index (χ0) is 16.8. The highest BCUT2D eigenvalue weighted by molar-refractivity contribution is 5.79. The number of hydrogen-bond donors (Lipinski definition) is 2. The van der Waals surface area contributed by atoms with Crippen molar-refractivity contribution < 1.29 is 19.0 Å². The Morgan fingerprint density at radius 3 is 2.35 bits per heavy atom. The number of carbonyl (C=O) groups excluding carboxylic acids is 1. The smallest absolute Gasteiger partial charge is 0.224 e. The highest BCUT2D eigenvalue weighted by atomic mass is 16.5. The molecule has 1 saturated heterocycles. The van der Waals surface area contributed by atoms with E-state index in [1.165, 1.54) is 0 Å². The molecule has 1 aliphatic rings. The van der Waals surface area contributed by atoms with Crippen molar-refractivity contribution in [3.8, 4) is 17.2 Å². The average molecular weight is 322 g/mol. The van der Waals surface area contributed by atoms with E-state index in [4.69, 9.17) is 14.2 Å². The van der Waals surface area contributed by atoms with E-state index in [0.717, 1.165) is 31.5 Å². The van der Waals surface area contributed by atoms with Gasteiger partial charge in [-0.05, 0) is 44.0 Å². The normalized spacial score (nSPS) is 18.9. The second-order valence-corrected chi connectivity index (χ2v) is 5.73. The molecule has 0 spiro atoms. The lowest BCUT2D eigenvalue weighted by molar-refractivity contribution is -0.126. The number of rotatable bonds is 6. The summed E-state index contributed by atoms with van der Waals surface area (Å²) in [7, 11) is 4.73. The molecule has 0 aromatic heterocycles. The summed E-state index contributed by atoms with van der Waals surface area (Å²) in [6, 6.07) is 3.59. The van der Waals surface area contributed by atoms with E-state index in [1.807, 2.05) is 19.1 Å². The minimum absolute atomic E-state index is 0.0354. The molecule has 128 valence electrons. The lowest BCUT2D eigenvalue weighted by atomic mass is 9.98. The summed E-state index contributed by atoms with van der Waals surface area (Å²) in [5.74, 6) is 1.84. The Morgan fingerprint density at radius 2 is 1.87 bits per heavy atom. The zero-order valence-electron chi connectivity index (χ0n) is 14.3. The minimum atomic E-state index is -0.141. The standard InChI is InChI=1S/C17H26N2O4/c1-11(19-17(20)12-6-5-7-18-10-12)13-8-14(21-2)16(23-4)15(9-13)22-3/h8-9,11-12,18H,5-7,10H2,1-4H3,(H,19,20). The van der Waals surface area contributed by atoms with Gasteiger partial charge in [0.1, 0.15) is 0 Å². The number of amides is 1. The van der Waals surface area contributed by atoms with E-state index in [1.54, 1.807) is 21.3 Å². The van der Waals surface area contributed by atoms with Crippen molar-refractivity contribution >= 4 is 5.91 Å². The maximum atomic E-state index is 12.4. The van der Waals surface area contributed by atoms with Gasteiger partial charge in [0.25, 0.3) is 0 Å². The van der Waals surface area contributed by atoms with Gasteiger partial charge in [0, 0.05) is 6.54 Å². The summed E-state index contributed by atoms with van der Waals surface area (Å²) >= 11 is 0. The van der Waals surface area contributed by atoms with Crippen LogP contribution in [0.1, 0.15) is 31.4 Å². The van der Waals surface area contributed by atoms with E-state index in [-0.39, 0.29) is 17.9 Å². The van der Waals surface area contributed by atoms with Gasteiger partial charge in [0.2, 0.25) is 11.7 Å². The molecule has 0 aliphatic carbocycles. The van der Waals surface area contributed by atoms with Crippen molar-refractivity contribution in [1.82, 2.24) is 10.6 Å². The van der Waals surface area contributed by atoms with Crippen molar-refractivity contribution in [2.45, 2.75) is 25.8 Å². The van der Waals surface area contributed by atoms with Crippen molar-refractivity contribution in [3.05, 3.63) is 17.7 Å². The lowest BCUT2D eigenvalue weighted by Gasteiger charge is -2.24. The predicted molar refractivity (Wildman–Crippen MR) is 88.2 cm³/mol. The highest BCUT2D eigenvalue weighted by Crippen LogP contribution is 2.39. The first-order valence-corrected chi connectivity index (χ1v) is 7.91. The van der Waals surface area contributed by atoms with E-state index < -0.39 is 0 Å². The summed E-state index contributed by atoms with van der Waals surface area (Å²) < 4.78 is 16.0. The number of methoxy groups -OCH3 is 3. The van der Waals surface area contributed by atoms with Crippen molar-refractivity contribution in [2.75, 3.05) is 34.4 Å². The maximum Gasteiger partial charge on any atom is 0.224 e. The van der Waals surface area contributed by atoms with Crippen LogP contribution in [0.2, 0.25) is 0 Å². The molecule has 0 radical (unpaired) electrons. The Hall–Kier alpha value is -1.95. The van der Waals surface area contributed by atoms with Gasteiger partial charge in [-0.1, -0.05) is 0 Å². The second kappa shape index (κ2) is 8.06. The largest absolute Gasteiger partial charge is 0.493 e. The summed E-state index contributed by atoms with van der Waals surface area (Å²) in [4.78, 5) is 12.4. The fraction of sp³-hybridized carbons (Fsp3) is 0.588. The summed E-state index contributed by atoms with van der Waals surface area (Å²) in [5.41, 5.74) is 0.914. The Bertz CT molecular complexity index is 516. The molecule has 2 rings (SSSR count). The molecular weight excluding hydrogens is 296 g/mol. The van der Waals surface area contributed by atoms with Crippen LogP contribution in [0.5, 0.6) is 17.2 Å². The van der Waals surface area contributed by atoms with Gasteiger partial charge in [-0.25, -0.2) is 0 Å². The van der Waals surface area contributed by atoms with Crippen molar-refractivity contribution in [1.29, 1.82) is 0 Å². The van der Waals surface area contributed by atoms with E-state index in [0.29, 0.717) is 17.2 Å². The predicted octanol–water partition coefficient (Wildman–Crippen LogP) is 1.89. The quantitative estimate of drug-likeness (QED) is 0.837. The molecule has 0 saturated carbocycles. The Balaban J connectivity index is 2.14. The molecule has 2 atom stereocenters. The average Bonchev–Trinajstić information content (AvgIpc) is 2.60. The molecule has 23 heavy (non-hydrogen) atoms. The topological polar surface area (TPSA) is 68.8 Å². The Kier molecular flexibility index (Phi) is 6.10.